The van der Waals surface area contributed by atoms with E-state index in [4.69, 9.17) is 32.4 Å². The maximum Gasteiger partial charge on any atom is 0.193 e. The van der Waals surface area contributed by atoms with Crippen molar-refractivity contribution in [1.82, 2.24) is 0 Å². The van der Waals surface area contributed by atoms with E-state index in [2.05, 4.69) is 0 Å². The van der Waals surface area contributed by atoms with Crippen molar-refractivity contribution >= 4 is 45.9 Å². The number of aryl methyl sites for hydroxylation is 2. The molecule has 0 fully saturated rings. The van der Waals surface area contributed by atoms with Crippen LogP contribution in [0.3, 0.4) is 0 Å². The van der Waals surface area contributed by atoms with Gasteiger partial charge in [0.25, 0.3) is 0 Å². The smallest absolute Gasteiger partial charge is 0.193 e. The summed E-state index contributed by atoms with van der Waals surface area (Å²) >= 11 is 13.7. The Kier molecular flexibility index (Phi) is 7.35. The molecule has 4 aromatic rings. The average molecular weight is 501 g/mol. The van der Waals surface area contributed by atoms with Crippen LogP contribution in [-0.4, -0.2) is 23.6 Å². The van der Waals surface area contributed by atoms with Crippen molar-refractivity contribution < 1.29 is 14.3 Å². The van der Waals surface area contributed by atoms with Gasteiger partial charge in [0.15, 0.2) is 5.43 Å². The van der Waals surface area contributed by atoms with Gasteiger partial charge in [-0.05, 0) is 73.5 Å². The van der Waals surface area contributed by atoms with Gasteiger partial charge in [-0.25, -0.2) is 0 Å². The van der Waals surface area contributed by atoms with Crippen LogP contribution in [0.2, 0.25) is 10.0 Å². The van der Waals surface area contributed by atoms with Crippen LogP contribution in [-0.2, 0) is 0 Å². The standard InChI is InChI=1S/C26H22Cl2O4S/c1-15-10-26(16(2)9-22(15)28)33-14-19(29)13-31-20-7-8-21-23(30)12-24(32-25(21)11-20)17-3-5-18(27)6-4-17/h3-12,19,29H,13-14H2,1-2H3. The molecule has 1 atom stereocenters. The van der Waals surface area contributed by atoms with Crippen molar-refractivity contribution in [3.8, 4) is 17.1 Å². The van der Waals surface area contributed by atoms with Crippen LogP contribution >= 0.6 is 35.0 Å². The monoisotopic (exact) mass is 500 g/mol. The number of ether oxygens (including phenoxy) is 1. The van der Waals surface area contributed by atoms with E-state index in [1.54, 1.807) is 54.2 Å². The minimum Gasteiger partial charge on any atom is -0.491 e. The fourth-order valence-corrected chi connectivity index (χ4v) is 4.68. The molecule has 1 unspecified atom stereocenters. The maximum absolute atomic E-state index is 12.5. The van der Waals surface area contributed by atoms with E-state index < -0.39 is 6.10 Å². The summed E-state index contributed by atoms with van der Waals surface area (Å²) in [6, 6.07) is 17.5. The summed E-state index contributed by atoms with van der Waals surface area (Å²) in [4.78, 5) is 13.6. The minimum atomic E-state index is -0.673. The number of fused-ring (bicyclic) bond motifs is 1. The number of hydrogen-bond acceptors (Lipinski definition) is 5. The lowest BCUT2D eigenvalue weighted by atomic mass is 10.1. The number of benzene rings is 3. The highest BCUT2D eigenvalue weighted by Crippen LogP contribution is 2.29. The third-order valence-electron chi connectivity index (χ3n) is 5.16. The van der Waals surface area contributed by atoms with Gasteiger partial charge in [0.2, 0.25) is 0 Å². The second kappa shape index (κ2) is 10.2. The second-order valence-electron chi connectivity index (χ2n) is 7.78. The summed E-state index contributed by atoms with van der Waals surface area (Å²) in [6.07, 6.45) is -0.673. The van der Waals surface area contributed by atoms with E-state index in [0.717, 1.165) is 26.6 Å². The lowest BCUT2D eigenvalue weighted by Crippen LogP contribution is -2.20. The molecule has 0 aliphatic heterocycles. The van der Waals surface area contributed by atoms with E-state index in [1.807, 2.05) is 26.0 Å². The van der Waals surface area contributed by atoms with Crippen molar-refractivity contribution in [2.75, 3.05) is 12.4 Å². The maximum atomic E-state index is 12.5. The van der Waals surface area contributed by atoms with Gasteiger partial charge in [0.1, 0.15) is 23.7 Å². The van der Waals surface area contributed by atoms with E-state index in [9.17, 15) is 9.90 Å². The molecule has 4 rings (SSSR count). The zero-order valence-corrected chi connectivity index (χ0v) is 20.4. The Morgan fingerprint density at radius 2 is 1.76 bits per heavy atom. The number of thioether (sulfide) groups is 1. The van der Waals surface area contributed by atoms with Crippen LogP contribution in [0.1, 0.15) is 11.1 Å². The Bertz CT molecular complexity index is 1350. The van der Waals surface area contributed by atoms with Crippen LogP contribution in [0.15, 0.2) is 74.8 Å². The molecular weight excluding hydrogens is 479 g/mol. The molecular formula is C26H22Cl2O4S. The highest BCUT2D eigenvalue weighted by Gasteiger charge is 2.12. The van der Waals surface area contributed by atoms with Crippen LogP contribution in [0.25, 0.3) is 22.3 Å². The Balaban J connectivity index is 1.44. The highest BCUT2D eigenvalue weighted by molar-refractivity contribution is 7.99. The third kappa shape index (κ3) is 5.74. The van der Waals surface area contributed by atoms with Gasteiger partial charge in [-0.1, -0.05) is 23.2 Å². The second-order valence-corrected chi connectivity index (χ2v) is 9.69. The molecule has 0 saturated heterocycles. The van der Waals surface area contributed by atoms with Gasteiger partial charge < -0.3 is 14.3 Å². The molecule has 0 spiro atoms. The van der Waals surface area contributed by atoms with Crippen LogP contribution in [0.5, 0.6) is 5.75 Å². The molecule has 3 aromatic carbocycles. The summed E-state index contributed by atoms with van der Waals surface area (Å²) in [5.74, 6) is 1.44. The van der Waals surface area contributed by atoms with Gasteiger partial charge in [0.05, 0.1) is 11.5 Å². The lowest BCUT2D eigenvalue weighted by Gasteiger charge is -2.14. The summed E-state index contributed by atoms with van der Waals surface area (Å²) in [7, 11) is 0. The van der Waals surface area contributed by atoms with Gasteiger partial charge in [-0.15, -0.1) is 11.8 Å². The van der Waals surface area contributed by atoms with Crippen LogP contribution in [0, 0.1) is 13.8 Å². The van der Waals surface area contributed by atoms with E-state index in [0.29, 0.717) is 33.3 Å². The summed E-state index contributed by atoms with van der Waals surface area (Å²) in [5.41, 5.74) is 3.11. The molecule has 4 nitrogen and oxygen atoms in total. The number of halogens is 2. The van der Waals surface area contributed by atoms with Gasteiger partial charge >= 0.3 is 0 Å². The van der Waals surface area contributed by atoms with E-state index in [-0.39, 0.29) is 12.0 Å². The predicted molar refractivity (Wildman–Crippen MR) is 136 cm³/mol. The fraction of sp³-hybridized carbons (Fsp3) is 0.192. The van der Waals surface area contributed by atoms with Gasteiger partial charge in [-0.3, -0.25) is 4.79 Å². The quantitative estimate of drug-likeness (QED) is 0.279. The number of aliphatic hydroxyl groups excluding tert-OH is 1. The summed E-state index contributed by atoms with van der Waals surface area (Å²) < 4.78 is 11.7. The normalized spacial score (nSPS) is 12.2. The zero-order chi connectivity index (χ0) is 23.5. The highest BCUT2D eigenvalue weighted by atomic mass is 35.5. The van der Waals surface area contributed by atoms with Crippen molar-refractivity contribution in [2.24, 2.45) is 0 Å². The Morgan fingerprint density at radius 1 is 1.00 bits per heavy atom. The molecule has 0 radical (unpaired) electrons. The minimum absolute atomic E-state index is 0.116. The first-order chi connectivity index (χ1) is 15.8. The number of hydrogen-bond donors (Lipinski definition) is 1. The SMILES string of the molecule is Cc1cc(SCC(O)COc2ccc3c(=O)cc(-c4ccc(Cl)cc4)oc3c2)c(C)cc1Cl. The van der Waals surface area contributed by atoms with Crippen LogP contribution in [0.4, 0.5) is 0 Å². The number of aliphatic hydroxyl groups is 1. The van der Waals surface area contributed by atoms with E-state index in [1.165, 1.54) is 6.07 Å². The molecule has 0 amide bonds. The van der Waals surface area contributed by atoms with Crippen molar-refractivity contribution in [2.45, 2.75) is 24.8 Å². The van der Waals surface area contributed by atoms with Gasteiger partial charge in [-0.2, -0.15) is 0 Å². The molecule has 0 aliphatic rings. The lowest BCUT2D eigenvalue weighted by molar-refractivity contribution is 0.126. The van der Waals surface area contributed by atoms with E-state index >= 15 is 0 Å². The molecule has 1 aromatic heterocycles. The fourth-order valence-electron chi connectivity index (χ4n) is 3.32. The van der Waals surface area contributed by atoms with Crippen molar-refractivity contribution in [3.05, 3.63) is 92.1 Å². The third-order valence-corrected chi connectivity index (χ3v) is 7.12. The Labute approximate surface area is 206 Å². The molecule has 0 aliphatic carbocycles. The molecule has 0 saturated carbocycles. The summed E-state index contributed by atoms with van der Waals surface area (Å²) in [5, 5.41) is 12.2. The zero-order valence-electron chi connectivity index (χ0n) is 18.1. The summed E-state index contributed by atoms with van der Waals surface area (Å²) in [6.45, 7) is 4.07. The first-order valence-corrected chi connectivity index (χ1v) is 12.1. The molecule has 170 valence electrons. The average Bonchev–Trinajstić information content (AvgIpc) is 2.79. The van der Waals surface area contributed by atoms with Gasteiger partial charge in [0, 0.05) is 38.4 Å². The number of rotatable bonds is 7. The topological polar surface area (TPSA) is 59.7 Å². The first-order valence-electron chi connectivity index (χ1n) is 10.3. The molecule has 1 heterocycles. The molecule has 7 heteroatoms. The van der Waals surface area contributed by atoms with Crippen molar-refractivity contribution in [3.63, 3.8) is 0 Å². The predicted octanol–water partition coefficient (Wildman–Crippen LogP) is 6.92. The Hall–Kier alpha value is -2.44. The molecule has 33 heavy (non-hydrogen) atoms. The largest absolute Gasteiger partial charge is 0.491 e. The molecule has 1 N–H and O–H groups in total. The van der Waals surface area contributed by atoms with Crippen LogP contribution < -0.4 is 10.2 Å². The van der Waals surface area contributed by atoms with Crippen molar-refractivity contribution in [1.29, 1.82) is 0 Å². The molecule has 0 bridgehead atoms. The first kappa shape index (κ1) is 23.7. The Morgan fingerprint density at radius 3 is 2.52 bits per heavy atom.